The largest absolute Gasteiger partial charge is 0.491 e. The van der Waals surface area contributed by atoms with Crippen LogP contribution in [0.5, 0.6) is 5.75 Å². The van der Waals surface area contributed by atoms with E-state index in [1.54, 1.807) is 36.7 Å². The number of rotatable bonds is 3. The number of hydrogen-bond acceptors (Lipinski definition) is 5. The molecule has 1 aliphatic rings. The number of benzene rings is 1. The van der Waals surface area contributed by atoms with Gasteiger partial charge < -0.3 is 9.64 Å². The van der Waals surface area contributed by atoms with E-state index in [0.29, 0.717) is 30.2 Å². The molecule has 0 fully saturated rings. The van der Waals surface area contributed by atoms with Crippen LogP contribution in [-0.4, -0.2) is 28.0 Å². The molecule has 1 N–H and O–H groups in total. The van der Waals surface area contributed by atoms with Gasteiger partial charge in [0.2, 0.25) is 5.91 Å². The quantitative estimate of drug-likeness (QED) is 0.932. The van der Waals surface area contributed by atoms with E-state index in [4.69, 9.17) is 4.74 Å². The molecule has 6 nitrogen and oxygen atoms in total. The predicted octanol–water partition coefficient (Wildman–Crippen LogP) is 2.29. The number of fused-ring (bicyclic) bond motifs is 1. The number of hydrogen-bond donors (Lipinski definition) is 1. The number of nitrogens with zero attached hydrogens (tertiary/aromatic N) is 1. The minimum absolute atomic E-state index is 0.0722. The van der Waals surface area contributed by atoms with E-state index in [-0.39, 0.29) is 10.1 Å². The topological polar surface area (TPSA) is 75.7 Å². The van der Waals surface area contributed by atoms with Crippen molar-refractivity contribution in [3.8, 4) is 5.75 Å². The second kappa shape index (κ2) is 5.62. The van der Waals surface area contributed by atoms with Crippen LogP contribution in [0.4, 0.5) is 11.4 Å². The number of sulfonamides is 1. The van der Waals surface area contributed by atoms with E-state index in [1.165, 1.54) is 11.0 Å². The fourth-order valence-electron chi connectivity index (χ4n) is 2.14. The maximum atomic E-state index is 12.2. The highest BCUT2D eigenvalue weighted by Gasteiger charge is 2.22. The second-order valence-electron chi connectivity index (χ2n) is 4.77. The van der Waals surface area contributed by atoms with Gasteiger partial charge in [0.1, 0.15) is 9.96 Å². The molecule has 116 valence electrons. The highest BCUT2D eigenvalue weighted by atomic mass is 32.2. The summed E-state index contributed by atoms with van der Waals surface area (Å²) in [5.74, 6) is 0.490. The minimum Gasteiger partial charge on any atom is -0.491 e. The zero-order valence-electron chi connectivity index (χ0n) is 11.8. The monoisotopic (exact) mass is 338 g/mol. The van der Waals surface area contributed by atoms with Gasteiger partial charge in [-0.15, -0.1) is 11.3 Å². The van der Waals surface area contributed by atoms with Gasteiger partial charge in [-0.25, -0.2) is 8.42 Å². The van der Waals surface area contributed by atoms with E-state index < -0.39 is 10.0 Å². The molecule has 0 atom stereocenters. The molecule has 8 heteroatoms. The standard InChI is InChI=1S/C14H14N2O4S2/c1-16-11-9-10(4-5-12(11)20-7-6-13(16)17)15-22(18,19)14-3-2-8-21-14/h2-5,8-9,15H,6-7H2,1H3. The van der Waals surface area contributed by atoms with Crippen molar-refractivity contribution in [2.75, 3.05) is 23.3 Å². The van der Waals surface area contributed by atoms with E-state index in [1.807, 2.05) is 0 Å². The van der Waals surface area contributed by atoms with Crippen molar-refractivity contribution >= 4 is 38.6 Å². The fourth-order valence-corrected chi connectivity index (χ4v) is 4.18. The van der Waals surface area contributed by atoms with Crippen LogP contribution in [0.25, 0.3) is 0 Å². The molecule has 0 spiro atoms. The number of carbonyl (C=O) groups is 1. The third kappa shape index (κ3) is 2.79. The summed E-state index contributed by atoms with van der Waals surface area (Å²) in [6.45, 7) is 0.316. The Balaban J connectivity index is 1.94. The van der Waals surface area contributed by atoms with Gasteiger partial charge >= 0.3 is 0 Å². The summed E-state index contributed by atoms with van der Waals surface area (Å²) in [7, 11) is -1.97. The average molecular weight is 338 g/mol. The van der Waals surface area contributed by atoms with Crippen LogP contribution in [0.2, 0.25) is 0 Å². The van der Waals surface area contributed by atoms with Crippen molar-refractivity contribution < 1.29 is 17.9 Å². The summed E-state index contributed by atoms with van der Waals surface area (Å²) in [5.41, 5.74) is 0.936. The summed E-state index contributed by atoms with van der Waals surface area (Å²) in [4.78, 5) is 13.3. The van der Waals surface area contributed by atoms with Crippen LogP contribution in [0, 0.1) is 0 Å². The van der Waals surface area contributed by atoms with E-state index in [2.05, 4.69) is 4.72 Å². The number of anilines is 2. The lowest BCUT2D eigenvalue weighted by Crippen LogP contribution is -2.25. The van der Waals surface area contributed by atoms with Gasteiger partial charge in [0.25, 0.3) is 10.0 Å². The minimum atomic E-state index is -3.61. The Kier molecular flexibility index (Phi) is 3.79. The second-order valence-corrected chi connectivity index (χ2v) is 7.63. The first-order chi connectivity index (χ1) is 10.5. The van der Waals surface area contributed by atoms with Crippen molar-refractivity contribution in [2.45, 2.75) is 10.6 Å². The van der Waals surface area contributed by atoms with Crippen LogP contribution in [0.15, 0.2) is 39.9 Å². The summed E-state index contributed by atoms with van der Waals surface area (Å²) >= 11 is 1.14. The number of amides is 1. The molecule has 22 heavy (non-hydrogen) atoms. The molecular weight excluding hydrogens is 324 g/mol. The first-order valence-electron chi connectivity index (χ1n) is 6.57. The van der Waals surface area contributed by atoms with Crippen LogP contribution in [0.3, 0.4) is 0 Å². The molecule has 0 aliphatic carbocycles. The van der Waals surface area contributed by atoms with Gasteiger partial charge in [0.05, 0.1) is 24.4 Å². The molecule has 0 radical (unpaired) electrons. The van der Waals surface area contributed by atoms with E-state index in [9.17, 15) is 13.2 Å². The lowest BCUT2D eigenvalue weighted by atomic mass is 10.2. The van der Waals surface area contributed by atoms with Crippen LogP contribution < -0.4 is 14.4 Å². The first kappa shape index (κ1) is 14.9. The predicted molar refractivity (Wildman–Crippen MR) is 85.1 cm³/mol. The average Bonchev–Trinajstić information content (AvgIpc) is 2.98. The molecule has 1 aromatic carbocycles. The van der Waals surface area contributed by atoms with Gasteiger partial charge in [-0.2, -0.15) is 0 Å². The highest BCUT2D eigenvalue weighted by Crippen LogP contribution is 2.34. The first-order valence-corrected chi connectivity index (χ1v) is 8.93. The third-order valence-corrected chi connectivity index (χ3v) is 6.06. The fraction of sp³-hybridized carbons (Fsp3) is 0.214. The van der Waals surface area contributed by atoms with Gasteiger partial charge in [-0.1, -0.05) is 6.07 Å². The van der Waals surface area contributed by atoms with Gasteiger partial charge in [0, 0.05) is 7.05 Å². The van der Waals surface area contributed by atoms with E-state index >= 15 is 0 Å². The summed E-state index contributed by atoms with van der Waals surface area (Å²) in [6.07, 6.45) is 0.293. The normalized spacial score (nSPS) is 15.0. The molecular formula is C14H14N2O4S2. The van der Waals surface area contributed by atoms with Gasteiger partial charge in [-0.3, -0.25) is 9.52 Å². The number of carbonyl (C=O) groups excluding carboxylic acids is 1. The zero-order chi connectivity index (χ0) is 15.7. The Labute approximate surface area is 132 Å². The lowest BCUT2D eigenvalue weighted by molar-refractivity contribution is -0.118. The highest BCUT2D eigenvalue weighted by molar-refractivity contribution is 7.94. The Bertz CT molecular complexity index is 800. The lowest BCUT2D eigenvalue weighted by Gasteiger charge is -2.17. The van der Waals surface area contributed by atoms with Gasteiger partial charge in [0.15, 0.2) is 0 Å². The Morgan fingerprint density at radius 2 is 2.14 bits per heavy atom. The van der Waals surface area contributed by atoms with Crippen LogP contribution >= 0.6 is 11.3 Å². The van der Waals surface area contributed by atoms with Crippen molar-refractivity contribution in [2.24, 2.45) is 0 Å². The van der Waals surface area contributed by atoms with Gasteiger partial charge in [-0.05, 0) is 29.6 Å². The maximum absolute atomic E-state index is 12.2. The summed E-state index contributed by atoms with van der Waals surface area (Å²) in [5, 5.41) is 1.70. The Morgan fingerprint density at radius 3 is 2.86 bits per heavy atom. The molecule has 1 aliphatic heterocycles. The smallest absolute Gasteiger partial charge is 0.271 e. The van der Waals surface area contributed by atoms with Crippen molar-refractivity contribution in [3.05, 3.63) is 35.7 Å². The molecule has 3 rings (SSSR count). The van der Waals surface area contributed by atoms with E-state index in [0.717, 1.165) is 11.3 Å². The zero-order valence-corrected chi connectivity index (χ0v) is 13.4. The van der Waals surface area contributed by atoms with Crippen LogP contribution in [-0.2, 0) is 14.8 Å². The molecule has 2 heterocycles. The van der Waals surface area contributed by atoms with Crippen molar-refractivity contribution in [1.29, 1.82) is 0 Å². The van der Waals surface area contributed by atoms with Crippen molar-refractivity contribution in [3.63, 3.8) is 0 Å². The SMILES string of the molecule is CN1C(=O)CCOc2ccc(NS(=O)(=O)c3cccs3)cc21. The summed E-state index contributed by atoms with van der Waals surface area (Å²) in [6, 6.07) is 8.10. The molecule has 1 aromatic heterocycles. The Hall–Kier alpha value is -2.06. The summed E-state index contributed by atoms with van der Waals surface area (Å²) < 4.78 is 32.7. The number of ether oxygens (including phenoxy) is 1. The molecule has 1 amide bonds. The maximum Gasteiger partial charge on any atom is 0.271 e. The molecule has 0 saturated carbocycles. The molecule has 0 unspecified atom stereocenters. The Morgan fingerprint density at radius 1 is 1.32 bits per heavy atom. The van der Waals surface area contributed by atoms with Crippen molar-refractivity contribution in [1.82, 2.24) is 0 Å². The molecule has 0 bridgehead atoms. The molecule has 2 aromatic rings. The third-order valence-electron chi connectivity index (χ3n) is 3.28. The molecule has 0 saturated heterocycles. The number of thiophene rings is 1. The number of nitrogens with one attached hydrogen (secondary N) is 1. The van der Waals surface area contributed by atoms with Crippen LogP contribution in [0.1, 0.15) is 6.42 Å².